The lowest BCUT2D eigenvalue weighted by Crippen LogP contribution is -2.31. The van der Waals surface area contributed by atoms with E-state index in [1.54, 1.807) is 47.5 Å². The average Bonchev–Trinajstić information content (AvgIpc) is 3.31. The highest BCUT2D eigenvalue weighted by Crippen LogP contribution is 2.27. The third-order valence-corrected chi connectivity index (χ3v) is 6.97. The number of carbonyl (C=O) groups is 1. The fraction of sp³-hybridized carbons (Fsp3) is 0.222. The molecule has 0 saturated heterocycles. The van der Waals surface area contributed by atoms with E-state index in [0.717, 1.165) is 5.69 Å². The molecule has 1 unspecified atom stereocenters. The molecule has 10 heteroatoms. The van der Waals surface area contributed by atoms with Crippen LogP contribution in [0.3, 0.4) is 0 Å². The second kappa shape index (κ2) is 11.3. The molecule has 2 aromatic heterocycles. The normalized spacial score (nSPS) is 12.8. The summed E-state index contributed by atoms with van der Waals surface area (Å²) in [5, 5.41) is 0.185. The number of nitrogens with zero attached hydrogens (tertiary/aromatic N) is 3. The summed E-state index contributed by atoms with van der Waals surface area (Å²) in [5.74, 6) is -0.208. The maximum atomic E-state index is 13.6. The lowest BCUT2D eigenvalue weighted by atomic mass is 10.0. The number of hydrogen-bond acceptors (Lipinski definition) is 5. The van der Waals surface area contributed by atoms with Crippen molar-refractivity contribution >= 4 is 28.6 Å². The van der Waals surface area contributed by atoms with Gasteiger partial charge in [0.25, 0.3) is 5.56 Å². The second-order valence-corrected chi connectivity index (χ2v) is 10.5. The SMILES string of the molecule is COc1cc(C(=O)c2cc(Cl)cn(C(CC[S@@+](C)[O-])c3ccc(F)cc3)c2=O)ccc1-n1cnc(C)c1. The molecule has 2 aromatic carbocycles. The highest BCUT2D eigenvalue weighted by molar-refractivity contribution is 7.90. The van der Waals surface area contributed by atoms with Crippen LogP contribution in [-0.2, 0) is 11.2 Å². The number of rotatable bonds is 9. The van der Waals surface area contributed by atoms with Gasteiger partial charge in [-0.2, -0.15) is 0 Å². The maximum Gasteiger partial charge on any atom is 0.262 e. The monoisotopic (exact) mass is 541 g/mol. The van der Waals surface area contributed by atoms with Crippen LogP contribution in [0.25, 0.3) is 5.69 Å². The zero-order valence-corrected chi connectivity index (χ0v) is 22.1. The molecule has 4 rings (SSSR count). The van der Waals surface area contributed by atoms with Gasteiger partial charge in [0.1, 0.15) is 17.3 Å². The summed E-state index contributed by atoms with van der Waals surface area (Å²) in [6.45, 7) is 1.86. The van der Waals surface area contributed by atoms with Gasteiger partial charge in [0.15, 0.2) is 5.78 Å². The zero-order chi connectivity index (χ0) is 26.7. The summed E-state index contributed by atoms with van der Waals surface area (Å²) < 4.78 is 34.0. The Bertz CT molecular complexity index is 1480. The largest absolute Gasteiger partial charge is 0.617 e. The summed E-state index contributed by atoms with van der Waals surface area (Å²) in [6, 6.07) is 11.3. The van der Waals surface area contributed by atoms with Crippen molar-refractivity contribution in [2.45, 2.75) is 19.4 Å². The Labute approximate surface area is 221 Å². The Kier molecular flexibility index (Phi) is 8.16. The van der Waals surface area contributed by atoms with E-state index in [1.807, 2.05) is 13.1 Å². The van der Waals surface area contributed by atoms with Crippen molar-refractivity contribution in [3.63, 3.8) is 0 Å². The van der Waals surface area contributed by atoms with E-state index in [2.05, 4.69) is 4.98 Å². The Morgan fingerprint density at radius 3 is 2.54 bits per heavy atom. The number of methoxy groups -OCH3 is 1. The number of benzene rings is 2. The lowest BCUT2D eigenvalue weighted by molar-refractivity contribution is 0.103. The molecular weight excluding hydrogens is 517 g/mol. The van der Waals surface area contributed by atoms with Crippen molar-refractivity contribution in [1.29, 1.82) is 0 Å². The summed E-state index contributed by atoms with van der Waals surface area (Å²) in [6.07, 6.45) is 6.81. The van der Waals surface area contributed by atoms with Gasteiger partial charge >= 0.3 is 0 Å². The van der Waals surface area contributed by atoms with Crippen LogP contribution in [-0.4, -0.2) is 43.6 Å². The summed E-state index contributed by atoms with van der Waals surface area (Å²) >= 11 is 5.25. The molecule has 0 fully saturated rings. The minimum atomic E-state index is -1.12. The van der Waals surface area contributed by atoms with Crippen LogP contribution in [0.4, 0.5) is 4.39 Å². The van der Waals surface area contributed by atoms with Crippen molar-refractivity contribution in [2.24, 2.45) is 0 Å². The zero-order valence-electron chi connectivity index (χ0n) is 20.5. The number of ketones is 1. The molecule has 4 aromatic rings. The first-order chi connectivity index (χ1) is 17.7. The number of ether oxygens (including phenoxy) is 1. The van der Waals surface area contributed by atoms with Crippen LogP contribution in [0, 0.1) is 12.7 Å². The summed E-state index contributed by atoms with van der Waals surface area (Å²) in [4.78, 5) is 31.3. The molecule has 0 saturated carbocycles. The van der Waals surface area contributed by atoms with E-state index in [0.29, 0.717) is 29.2 Å². The van der Waals surface area contributed by atoms with E-state index in [9.17, 15) is 18.5 Å². The number of pyridine rings is 1. The smallest absolute Gasteiger partial charge is 0.262 e. The fourth-order valence-corrected chi connectivity index (χ4v) is 4.90. The van der Waals surface area contributed by atoms with Gasteiger partial charge < -0.3 is 18.4 Å². The molecule has 0 N–H and O–H groups in total. The van der Waals surface area contributed by atoms with Gasteiger partial charge in [0, 0.05) is 24.4 Å². The van der Waals surface area contributed by atoms with Gasteiger partial charge in [-0.05, 0) is 48.9 Å². The predicted octanol–water partition coefficient (Wildman–Crippen LogP) is 4.73. The molecule has 0 radical (unpaired) electrons. The lowest BCUT2D eigenvalue weighted by Gasteiger charge is -2.22. The number of carbonyl (C=O) groups excluding carboxylic acids is 1. The van der Waals surface area contributed by atoms with Crippen LogP contribution < -0.4 is 10.3 Å². The fourth-order valence-electron chi connectivity index (χ4n) is 4.13. The second-order valence-electron chi connectivity index (χ2n) is 8.56. The number of halogens is 2. The number of hydrogen-bond donors (Lipinski definition) is 0. The van der Waals surface area contributed by atoms with Gasteiger partial charge in [0.2, 0.25) is 0 Å². The molecule has 0 aliphatic rings. The molecule has 7 nitrogen and oxygen atoms in total. The Hall–Kier alpha value is -3.40. The third-order valence-electron chi connectivity index (χ3n) is 5.96. The average molecular weight is 542 g/mol. The highest BCUT2D eigenvalue weighted by Gasteiger charge is 2.23. The Morgan fingerprint density at radius 2 is 1.92 bits per heavy atom. The molecule has 2 heterocycles. The molecule has 2 atom stereocenters. The summed E-state index contributed by atoms with van der Waals surface area (Å²) in [5.41, 5.74) is 1.72. The molecule has 0 aliphatic carbocycles. The third kappa shape index (κ3) is 5.95. The van der Waals surface area contributed by atoms with E-state index < -0.39 is 34.4 Å². The quantitative estimate of drug-likeness (QED) is 0.226. The molecule has 0 bridgehead atoms. The van der Waals surface area contributed by atoms with Gasteiger partial charge in [-0.1, -0.05) is 34.9 Å². The molecule has 0 amide bonds. The Morgan fingerprint density at radius 1 is 1.19 bits per heavy atom. The van der Waals surface area contributed by atoms with Crippen molar-refractivity contribution in [3.05, 3.63) is 111 Å². The molecule has 37 heavy (non-hydrogen) atoms. The maximum absolute atomic E-state index is 13.6. The standard InChI is InChI=1S/C27H25ClFN3O4S/c1-17-14-31(16-30-17)24-9-6-19(12-25(24)36-2)26(33)22-13-20(28)15-32(27(22)34)23(10-11-37(3)35)18-4-7-21(29)8-5-18/h4-9,12-16,23H,10-11H2,1-3H3/t23?,37-/m1/s1. The number of aryl methyl sites for hydroxylation is 1. The van der Waals surface area contributed by atoms with Crippen LogP contribution in [0.2, 0.25) is 5.02 Å². The van der Waals surface area contributed by atoms with Crippen molar-refractivity contribution in [1.82, 2.24) is 14.1 Å². The minimum Gasteiger partial charge on any atom is -0.617 e. The minimum absolute atomic E-state index is 0.120. The molecular formula is C27H25ClFN3O4S. The van der Waals surface area contributed by atoms with Gasteiger partial charge in [0.05, 0.1) is 47.7 Å². The van der Waals surface area contributed by atoms with Gasteiger partial charge in [-0.3, -0.25) is 9.59 Å². The van der Waals surface area contributed by atoms with Crippen molar-refractivity contribution in [3.8, 4) is 11.4 Å². The van der Waals surface area contributed by atoms with E-state index in [4.69, 9.17) is 16.3 Å². The van der Waals surface area contributed by atoms with Crippen LogP contribution in [0.15, 0.2) is 72.0 Å². The molecule has 0 aliphatic heterocycles. The Balaban J connectivity index is 1.77. The van der Waals surface area contributed by atoms with E-state index in [-0.39, 0.29) is 16.1 Å². The summed E-state index contributed by atoms with van der Waals surface area (Å²) in [7, 11) is 1.49. The van der Waals surface area contributed by atoms with Gasteiger partial charge in [-0.15, -0.1) is 0 Å². The first-order valence-corrected chi connectivity index (χ1v) is 13.5. The van der Waals surface area contributed by atoms with Crippen molar-refractivity contribution in [2.75, 3.05) is 19.1 Å². The topological polar surface area (TPSA) is 89.2 Å². The first kappa shape index (κ1) is 26.7. The number of aromatic nitrogens is 3. The van der Waals surface area contributed by atoms with Crippen molar-refractivity contribution < 1.29 is 18.5 Å². The first-order valence-electron chi connectivity index (χ1n) is 11.4. The number of imidazole rings is 1. The molecule has 192 valence electrons. The van der Waals surface area contributed by atoms with E-state index >= 15 is 0 Å². The van der Waals surface area contributed by atoms with Gasteiger partial charge in [-0.25, -0.2) is 9.37 Å². The van der Waals surface area contributed by atoms with E-state index in [1.165, 1.54) is 36.1 Å². The molecule has 0 spiro atoms. The highest BCUT2D eigenvalue weighted by atomic mass is 35.5. The van der Waals surface area contributed by atoms with Crippen LogP contribution in [0.1, 0.15) is 39.6 Å². The van der Waals surface area contributed by atoms with Crippen LogP contribution in [0.5, 0.6) is 5.75 Å². The predicted molar refractivity (Wildman–Crippen MR) is 142 cm³/mol. The van der Waals surface area contributed by atoms with Crippen LogP contribution >= 0.6 is 11.6 Å².